The molecular weight excluding hydrogens is 303 g/mol. The van der Waals surface area contributed by atoms with E-state index in [0.717, 1.165) is 24.7 Å². The number of nitrogens with one attached hydrogen (secondary N) is 1. The van der Waals surface area contributed by atoms with Gasteiger partial charge in [0.15, 0.2) is 0 Å². The molecule has 1 atom stereocenters. The van der Waals surface area contributed by atoms with E-state index in [9.17, 15) is 0 Å². The van der Waals surface area contributed by atoms with Gasteiger partial charge in [0.05, 0.1) is 0 Å². The number of benzene rings is 1. The highest BCUT2D eigenvalue weighted by molar-refractivity contribution is 5.85. The Bertz CT molecular complexity index is 425. The molecular formula is C17H28Cl2N2. The van der Waals surface area contributed by atoms with Crippen LogP contribution in [-0.4, -0.2) is 13.1 Å². The van der Waals surface area contributed by atoms with Crippen molar-refractivity contribution in [2.75, 3.05) is 18.8 Å². The second kappa shape index (κ2) is 8.87. The molecule has 1 saturated heterocycles. The van der Waals surface area contributed by atoms with Crippen LogP contribution in [0.25, 0.3) is 0 Å². The van der Waals surface area contributed by atoms with Gasteiger partial charge in [0.2, 0.25) is 0 Å². The zero-order valence-electron chi connectivity index (χ0n) is 12.6. The van der Waals surface area contributed by atoms with Crippen molar-refractivity contribution in [3.63, 3.8) is 0 Å². The van der Waals surface area contributed by atoms with Crippen LogP contribution in [0.15, 0.2) is 18.2 Å². The fourth-order valence-corrected chi connectivity index (χ4v) is 3.77. The van der Waals surface area contributed by atoms with E-state index in [-0.39, 0.29) is 24.8 Å². The van der Waals surface area contributed by atoms with Crippen LogP contribution < -0.4 is 11.1 Å². The van der Waals surface area contributed by atoms with Crippen molar-refractivity contribution in [3.8, 4) is 0 Å². The fourth-order valence-electron chi connectivity index (χ4n) is 3.77. The van der Waals surface area contributed by atoms with E-state index in [2.05, 4.69) is 23.5 Å². The van der Waals surface area contributed by atoms with Gasteiger partial charge in [-0.1, -0.05) is 31.4 Å². The molecule has 0 bridgehead atoms. The molecule has 1 aliphatic heterocycles. The molecule has 1 heterocycles. The molecule has 0 amide bonds. The summed E-state index contributed by atoms with van der Waals surface area (Å²) in [5.74, 6) is 1.38. The predicted molar refractivity (Wildman–Crippen MR) is 96.0 cm³/mol. The maximum absolute atomic E-state index is 6.33. The molecule has 1 unspecified atom stereocenters. The van der Waals surface area contributed by atoms with Crippen molar-refractivity contribution in [2.24, 2.45) is 0 Å². The van der Waals surface area contributed by atoms with Crippen LogP contribution >= 0.6 is 24.8 Å². The minimum Gasteiger partial charge on any atom is -0.398 e. The Labute approximate surface area is 141 Å². The zero-order valence-corrected chi connectivity index (χ0v) is 14.3. The molecule has 1 aromatic rings. The van der Waals surface area contributed by atoms with Crippen molar-refractivity contribution in [1.82, 2.24) is 5.32 Å². The molecule has 1 saturated carbocycles. The van der Waals surface area contributed by atoms with Crippen molar-refractivity contribution >= 4 is 30.5 Å². The monoisotopic (exact) mass is 330 g/mol. The maximum Gasteiger partial charge on any atom is 0.0352 e. The average molecular weight is 331 g/mol. The van der Waals surface area contributed by atoms with Crippen LogP contribution in [0.3, 0.4) is 0 Å². The number of piperidine rings is 1. The third-order valence-electron chi connectivity index (χ3n) is 4.92. The molecule has 3 rings (SSSR count). The lowest BCUT2D eigenvalue weighted by atomic mass is 9.82. The van der Waals surface area contributed by atoms with Gasteiger partial charge in [-0.3, -0.25) is 0 Å². The van der Waals surface area contributed by atoms with E-state index in [1.807, 2.05) is 0 Å². The smallest absolute Gasteiger partial charge is 0.0352 e. The third kappa shape index (κ3) is 4.51. The first-order valence-corrected chi connectivity index (χ1v) is 7.94. The second-order valence-electron chi connectivity index (χ2n) is 6.27. The molecule has 120 valence electrons. The Morgan fingerprint density at radius 2 is 1.62 bits per heavy atom. The van der Waals surface area contributed by atoms with Gasteiger partial charge in [-0.2, -0.15) is 0 Å². The molecule has 2 aliphatic rings. The van der Waals surface area contributed by atoms with Gasteiger partial charge in [-0.15, -0.1) is 24.8 Å². The number of anilines is 1. The summed E-state index contributed by atoms with van der Waals surface area (Å²) in [6.07, 6.45) is 9.44. The summed E-state index contributed by atoms with van der Waals surface area (Å²) in [5.41, 5.74) is 10.2. The topological polar surface area (TPSA) is 38.0 Å². The fraction of sp³-hybridized carbons (Fsp3) is 0.647. The van der Waals surface area contributed by atoms with Gasteiger partial charge < -0.3 is 11.1 Å². The molecule has 1 aromatic carbocycles. The van der Waals surface area contributed by atoms with Crippen LogP contribution in [0.4, 0.5) is 5.69 Å². The van der Waals surface area contributed by atoms with Gasteiger partial charge in [0.25, 0.3) is 0 Å². The highest BCUT2D eigenvalue weighted by Crippen LogP contribution is 2.36. The molecule has 3 N–H and O–H groups in total. The quantitative estimate of drug-likeness (QED) is 0.776. The summed E-state index contributed by atoms with van der Waals surface area (Å²) < 4.78 is 0. The maximum atomic E-state index is 6.33. The molecule has 0 spiro atoms. The van der Waals surface area contributed by atoms with Crippen LogP contribution in [-0.2, 0) is 0 Å². The Balaban J connectivity index is 0.00000110. The zero-order chi connectivity index (χ0) is 13.1. The van der Waals surface area contributed by atoms with E-state index < -0.39 is 0 Å². The van der Waals surface area contributed by atoms with Crippen molar-refractivity contribution < 1.29 is 0 Å². The summed E-state index contributed by atoms with van der Waals surface area (Å²) in [5, 5.41) is 3.48. The molecule has 21 heavy (non-hydrogen) atoms. The lowest BCUT2D eigenvalue weighted by molar-refractivity contribution is 0.443. The van der Waals surface area contributed by atoms with Gasteiger partial charge in [0.1, 0.15) is 0 Å². The first-order chi connectivity index (χ1) is 9.34. The minimum atomic E-state index is 0. The Morgan fingerprint density at radius 3 is 2.24 bits per heavy atom. The predicted octanol–water partition coefficient (Wildman–Crippen LogP) is 4.63. The number of nitrogens with two attached hydrogens (primary N) is 1. The van der Waals surface area contributed by atoms with Gasteiger partial charge in [-0.25, -0.2) is 0 Å². The van der Waals surface area contributed by atoms with E-state index in [0.29, 0.717) is 5.92 Å². The molecule has 1 aliphatic carbocycles. The molecule has 0 aromatic heterocycles. The van der Waals surface area contributed by atoms with E-state index in [1.54, 1.807) is 0 Å². The van der Waals surface area contributed by atoms with Gasteiger partial charge in [-0.05, 0) is 61.3 Å². The lowest BCUT2D eigenvalue weighted by Gasteiger charge is -2.26. The third-order valence-corrected chi connectivity index (χ3v) is 4.92. The SMILES string of the molecule is Cl.Cl.Nc1cc(C2CCCCC2)ccc1C1CCCNC1. The second-order valence-corrected chi connectivity index (χ2v) is 6.27. The molecule has 4 heteroatoms. The minimum absolute atomic E-state index is 0. The highest BCUT2D eigenvalue weighted by atomic mass is 35.5. The van der Waals surface area contributed by atoms with Gasteiger partial charge >= 0.3 is 0 Å². The first kappa shape index (κ1) is 18.6. The largest absolute Gasteiger partial charge is 0.398 e. The van der Waals surface area contributed by atoms with Crippen molar-refractivity contribution in [2.45, 2.75) is 56.8 Å². The van der Waals surface area contributed by atoms with Crippen LogP contribution in [0.2, 0.25) is 0 Å². The molecule has 2 fully saturated rings. The summed E-state index contributed by atoms with van der Waals surface area (Å²) in [7, 11) is 0. The normalized spacial score (nSPS) is 23.0. The molecule has 2 nitrogen and oxygen atoms in total. The Morgan fingerprint density at radius 1 is 0.905 bits per heavy atom. The Kier molecular flexibility index (Phi) is 7.86. The van der Waals surface area contributed by atoms with Crippen LogP contribution in [0, 0.1) is 0 Å². The first-order valence-electron chi connectivity index (χ1n) is 7.94. The van der Waals surface area contributed by atoms with Crippen LogP contribution in [0.5, 0.6) is 0 Å². The lowest BCUT2D eigenvalue weighted by Crippen LogP contribution is -2.28. The summed E-state index contributed by atoms with van der Waals surface area (Å²) in [6, 6.07) is 6.91. The summed E-state index contributed by atoms with van der Waals surface area (Å²) in [4.78, 5) is 0. The van der Waals surface area contributed by atoms with Crippen LogP contribution in [0.1, 0.15) is 67.9 Å². The van der Waals surface area contributed by atoms with E-state index >= 15 is 0 Å². The number of rotatable bonds is 2. The standard InChI is InChI=1S/C17H26N2.2ClH/c18-17-11-14(13-5-2-1-3-6-13)8-9-16(17)15-7-4-10-19-12-15;;/h8-9,11,13,15,19H,1-7,10,12,18H2;2*1H. The summed E-state index contributed by atoms with van der Waals surface area (Å²) >= 11 is 0. The number of halogens is 2. The van der Waals surface area contributed by atoms with Crippen molar-refractivity contribution in [1.29, 1.82) is 0 Å². The van der Waals surface area contributed by atoms with E-state index in [4.69, 9.17) is 5.73 Å². The van der Waals surface area contributed by atoms with Gasteiger partial charge in [0, 0.05) is 12.2 Å². The van der Waals surface area contributed by atoms with E-state index in [1.165, 1.54) is 56.1 Å². The number of hydrogen-bond acceptors (Lipinski definition) is 2. The number of nitrogen functional groups attached to an aromatic ring is 1. The van der Waals surface area contributed by atoms with Crippen molar-refractivity contribution in [3.05, 3.63) is 29.3 Å². The Hall–Kier alpha value is -0.440. The molecule has 0 radical (unpaired) electrons. The number of hydrogen-bond donors (Lipinski definition) is 2. The average Bonchev–Trinajstić information content (AvgIpc) is 2.49. The summed E-state index contributed by atoms with van der Waals surface area (Å²) in [6.45, 7) is 2.25. The highest BCUT2D eigenvalue weighted by Gasteiger charge is 2.20.